The lowest BCUT2D eigenvalue weighted by molar-refractivity contribution is 0.217. The summed E-state index contributed by atoms with van der Waals surface area (Å²) >= 11 is 5.22. The largest absolute Gasteiger partial charge is 0.410 e. The SMILES string of the molecule is C/C(=C\CC(O[Si](C)(C)C(C)(C)C)/C(C)=C/c1csc(C)n1)CBr. The Labute approximate surface area is 161 Å². The van der Waals surface area contributed by atoms with Crippen LogP contribution in [-0.2, 0) is 4.43 Å². The van der Waals surface area contributed by atoms with E-state index in [1.807, 2.05) is 6.92 Å². The second kappa shape index (κ2) is 8.92. The maximum atomic E-state index is 6.72. The first-order chi connectivity index (χ1) is 11.0. The van der Waals surface area contributed by atoms with Crippen molar-refractivity contribution in [3.8, 4) is 0 Å². The first-order valence-electron chi connectivity index (χ1n) is 8.46. The first kappa shape index (κ1) is 21.8. The van der Waals surface area contributed by atoms with Crippen molar-refractivity contribution in [1.29, 1.82) is 0 Å². The Morgan fingerprint density at radius 2 is 2.00 bits per heavy atom. The predicted molar refractivity (Wildman–Crippen MR) is 115 cm³/mol. The Kier molecular flexibility index (Phi) is 8.11. The quantitative estimate of drug-likeness (QED) is 0.265. The third-order valence-corrected chi connectivity index (χ3v) is 10.8. The molecule has 2 nitrogen and oxygen atoms in total. The Morgan fingerprint density at radius 1 is 1.38 bits per heavy atom. The summed E-state index contributed by atoms with van der Waals surface area (Å²) in [4.78, 5) is 4.56. The Balaban J connectivity index is 3.06. The smallest absolute Gasteiger partial charge is 0.192 e. The van der Waals surface area contributed by atoms with E-state index in [0.29, 0.717) is 0 Å². The Bertz CT molecular complexity index is 599. The van der Waals surface area contributed by atoms with E-state index >= 15 is 0 Å². The Morgan fingerprint density at radius 3 is 2.46 bits per heavy atom. The molecule has 0 radical (unpaired) electrons. The minimum Gasteiger partial charge on any atom is -0.410 e. The van der Waals surface area contributed by atoms with Gasteiger partial charge in [-0.3, -0.25) is 0 Å². The second-order valence-corrected chi connectivity index (χ2v) is 14.3. The van der Waals surface area contributed by atoms with Gasteiger partial charge in [-0.1, -0.05) is 48.4 Å². The number of nitrogens with zero attached hydrogens (tertiary/aromatic N) is 1. The molecule has 24 heavy (non-hydrogen) atoms. The minimum atomic E-state index is -1.82. The molecule has 0 aliphatic carbocycles. The summed E-state index contributed by atoms with van der Waals surface area (Å²) in [6, 6.07) is 0. The molecule has 1 aromatic rings. The molecule has 1 unspecified atom stereocenters. The van der Waals surface area contributed by atoms with Crippen LogP contribution in [0.3, 0.4) is 0 Å². The van der Waals surface area contributed by atoms with E-state index in [0.717, 1.165) is 22.5 Å². The monoisotopic (exact) mass is 429 g/mol. The van der Waals surface area contributed by atoms with Crippen molar-refractivity contribution >= 4 is 41.7 Å². The lowest BCUT2D eigenvalue weighted by Gasteiger charge is -2.39. The first-order valence-corrected chi connectivity index (χ1v) is 13.4. The number of aryl methyl sites for hydroxylation is 1. The van der Waals surface area contributed by atoms with Crippen LogP contribution in [0.4, 0.5) is 0 Å². The molecule has 0 spiro atoms. The number of allylic oxidation sites excluding steroid dienone is 1. The van der Waals surface area contributed by atoms with Gasteiger partial charge in [0.2, 0.25) is 0 Å². The van der Waals surface area contributed by atoms with Gasteiger partial charge in [-0.2, -0.15) is 0 Å². The van der Waals surface area contributed by atoms with Crippen LogP contribution in [0.2, 0.25) is 18.1 Å². The highest BCUT2D eigenvalue weighted by molar-refractivity contribution is 9.09. The number of hydrogen-bond acceptors (Lipinski definition) is 3. The lowest BCUT2D eigenvalue weighted by Crippen LogP contribution is -2.44. The van der Waals surface area contributed by atoms with Crippen LogP contribution in [0, 0.1) is 6.92 Å². The van der Waals surface area contributed by atoms with Crippen molar-refractivity contribution in [2.45, 2.75) is 72.2 Å². The van der Waals surface area contributed by atoms with Gasteiger partial charge in [0.25, 0.3) is 0 Å². The average molecular weight is 431 g/mol. The zero-order valence-electron chi connectivity index (χ0n) is 16.4. The molecule has 1 heterocycles. The summed E-state index contributed by atoms with van der Waals surface area (Å²) in [7, 11) is -1.82. The fourth-order valence-corrected chi connectivity index (χ4v) is 4.14. The van der Waals surface area contributed by atoms with Gasteiger partial charge < -0.3 is 4.43 Å². The van der Waals surface area contributed by atoms with Gasteiger partial charge in [-0.05, 0) is 57.0 Å². The van der Waals surface area contributed by atoms with Crippen LogP contribution in [0.1, 0.15) is 51.7 Å². The summed E-state index contributed by atoms with van der Waals surface area (Å²) in [5, 5.41) is 4.33. The molecule has 0 N–H and O–H groups in total. The molecule has 0 bridgehead atoms. The normalized spacial score (nSPS) is 15.7. The summed E-state index contributed by atoms with van der Waals surface area (Å²) < 4.78 is 6.72. The molecular weight excluding hydrogens is 398 g/mol. The second-order valence-electron chi connectivity index (χ2n) is 7.97. The standard InChI is InChI=1S/C19H32BrNOSSi/c1-14(12-20)9-10-18(22-24(7,8)19(4,5)6)15(2)11-17-13-23-16(3)21-17/h9,11,13,18H,10,12H2,1-8H3/b14-9+,15-11+. The van der Waals surface area contributed by atoms with Crippen molar-refractivity contribution in [1.82, 2.24) is 4.98 Å². The number of thiazole rings is 1. The predicted octanol–water partition coefficient (Wildman–Crippen LogP) is 6.98. The molecule has 0 aliphatic rings. The molecule has 136 valence electrons. The summed E-state index contributed by atoms with van der Waals surface area (Å²) in [6.45, 7) is 17.9. The molecule has 5 heteroatoms. The van der Waals surface area contributed by atoms with Crippen LogP contribution in [-0.4, -0.2) is 24.7 Å². The van der Waals surface area contributed by atoms with Gasteiger partial charge in [0.05, 0.1) is 16.8 Å². The van der Waals surface area contributed by atoms with Gasteiger partial charge in [0.1, 0.15) is 0 Å². The Hall–Kier alpha value is -0.233. The van der Waals surface area contributed by atoms with E-state index < -0.39 is 8.32 Å². The van der Waals surface area contributed by atoms with Crippen molar-refractivity contribution in [3.63, 3.8) is 0 Å². The maximum absolute atomic E-state index is 6.72. The van der Waals surface area contributed by atoms with Gasteiger partial charge >= 0.3 is 0 Å². The highest BCUT2D eigenvalue weighted by Gasteiger charge is 2.39. The molecule has 0 aliphatic heterocycles. The number of aromatic nitrogens is 1. The summed E-state index contributed by atoms with van der Waals surface area (Å²) in [5.74, 6) is 0. The van der Waals surface area contributed by atoms with Crippen LogP contribution < -0.4 is 0 Å². The molecule has 0 aromatic carbocycles. The van der Waals surface area contributed by atoms with Crippen molar-refractivity contribution in [2.24, 2.45) is 0 Å². The van der Waals surface area contributed by atoms with E-state index in [9.17, 15) is 0 Å². The van der Waals surface area contributed by atoms with Crippen molar-refractivity contribution < 1.29 is 4.43 Å². The number of halogens is 1. The lowest BCUT2D eigenvalue weighted by atomic mass is 10.1. The molecule has 0 saturated carbocycles. The zero-order valence-corrected chi connectivity index (χ0v) is 19.8. The van der Waals surface area contributed by atoms with Crippen molar-refractivity contribution in [2.75, 3.05) is 5.33 Å². The van der Waals surface area contributed by atoms with Crippen LogP contribution in [0.25, 0.3) is 6.08 Å². The maximum Gasteiger partial charge on any atom is 0.192 e. The van der Waals surface area contributed by atoms with Crippen LogP contribution in [0.5, 0.6) is 0 Å². The highest BCUT2D eigenvalue weighted by atomic mass is 79.9. The summed E-state index contributed by atoms with van der Waals surface area (Å²) in [6.07, 6.45) is 5.49. The number of alkyl halides is 1. The molecule has 1 aromatic heterocycles. The van der Waals surface area contributed by atoms with E-state index in [-0.39, 0.29) is 11.1 Å². The van der Waals surface area contributed by atoms with Crippen LogP contribution in [0.15, 0.2) is 22.6 Å². The van der Waals surface area contributed by atoms with Gasteiger partial charge in [-0.15, -0.1) is 11.3 Å². The zero-order chi connectivity index (χ0) is 18.5. The summed E-state index contributed by atoms with van der Waals surface area (Å²) in [5.41, 5.74) is 3.64. The number of hydrogen-bond donors (Lipinski definition) is 0. The van der Waals surface area contributed by atoms with E-state index in [1.165, 1.54) is 11.1 Å². The van der Waals surface area contributed by atoms with Crippen molar-refractivity contribution in [3.05, 3.63) is 33.3 Å². The topological polar surface area (TPSA) is 22.1 Å². The fraction of sp³-hybridized carbons (Fsp3) is 0.632. The minimum absolute atomic E-state index is 0.113. The molecule has 1 rings (SSSR count). The molecular formula is C19H32BrNOSSi. The number of rotatable bonds is 7. The third kappa shape index (κ3) is 6.58. The van der Waals surface area contributed by atoms with Gasteiger partial charge in [0, 0.05) is 10.7 Å². The molecule has 0 amide bonds. The highest BCUT2D eigenvalue weighted by Crippen LogP contribution is 2.38. The molecule has 0 saturated heterocycles. The average Bonchev–Trinajstić information content (AvgIpc) is 2.86. The molecule has 1 atom stereocenters. The van der Waals surface area contributed by atoms with E-state index in [4.69, 9.17) is 4.43 Å². The van der Waals surface area contributed by atoms with E-state index in [2.05, 4.69) is 86.2 Å². The van der Waals surface area contributed by atoms with Gasteiger partial charge in [-0.25, -0.2) is 4.98 Å². The van der Waals surface area contributed by atoms with Gasteiger partial charge in [0.15, 0.2) is 8.32 Å². The van der Waals surface area contributed by atoms with E-state index in [1.54, 1.807) is 11.3 Å². The fourth-order valence-electron chi connectivity index (χ4n) is 1.99. The third-order valence-electron chi connectivity index (χ3n) is 4.65. The van der Waals surface area contributed by atoms with Crippen LogP contribution >= 0.6 is 27.3 Å². The molecule has 0 fully saturated rings.